The number of aryl methyl sites for hydroxylation is 1. The topological polar surface area (TPSA) is 62.7 Å². The van der Waals surface area contributed by atoms with Crippen molar-refractivity contribution in [2.45, 2.75) is 25.7 Å². The van der Waals surface area contributed by atoms with E-state index in [1.807, 2.05) is 13.0 Å². The number of benzene rings is 1. The lowest BCUT2D eigenvalue weighted by molar-refractivity contribution is 0.0600. The zero-order valence-corrected chi connectivity index (χ0v) is 11.1. The number of hydrogen-bond acceptors (Lipinski definition) is 5. The van der Waals surface area contributed by atoms with Crippen LogP contribution < -0.4 is 10.9 Å². The van der Waals surface area contributed by atoms with Gasteiger partial charge in [0.15, 0.2) is 0 Å². The zero-order valence-electron chi connectivity index (χ0n) is 11.1. The van der Waals surface area contributed by atoms with Gasteiger partial charge < -0.3 is 10.2 Å². The molecule has 0 spiro atoms. The Morgan fingerprint density at radius 2 is 2.21 bits per heavy atom. The number of nitrogens with one attached hydrogen (secondary N) is 2. The van der Waals surface area contributed by atoms with Crippen molar-refractivity contribution >= 4 is 11.8 Å². The van der Waals surface area contributed by atoms with Gasteiger partial charge in [-0.05, 0) is 42.9 Å². The molecule has 1 aliphatic heterocycles. The van der Waals surface area contributed by atoms with Gasteiger partial charge in [-0.1, -0.05) is 6.07 Å². The maximum Gasteiger partial charge on any atom is 0.338 e. The second-order valence-electron chi connectivity index (χ2n) is 4.99. The van der Waals surface area contributed by atoms with Crippen LogP contribution in [0.5, 0.6) is 0 Å². The first-order valence-corrected chi connectivity index (χ1v) is 6.47. The van der Waals surface area contributed by atoms with Crippen LogP contribution in [-0.4, -0.2) is 25.6 Å². The van der Waals surface area contributed by atoms with Gasteiger partial charge in [0.25, 0.3) is 0 Å². The number of nitrogens with zero attached hydrogens (tertiary/aromatic N) is 1. The second kappa shape index (κ2) is 4.66. The molecular weight excluding hydrogens is 242 g/mol. The number of rotatable bonds is 3. The average molecular weight is 259 g/mol. The molecule has 5 nitrogen and oxygen atoms in total. The molecule has 0 saturated heterocycles. The fraction of sp³-hybridized carbons (Fsp3) is 0.429. The number of aliphatic imine (C=N–C) groups is 1. The van der Waals surface area contributed by atoms with Gasteiger partial charge in [0, 0.05) is 5.56 Å². The summed E-state index contributed by atoms with van der Waals surface area (Å²) in [7, 11) is 1.41. The summed E-state index contributed by atoms with van der Waals surface area (Å²) in [4.78, 5) is 16.2. The Hall–Kier alpha value is -1.88. The van der Waals surface area contributed by atoms with E-state index in [9.17, 15) is 4.79 Å². The fourth-order valence-corrected chi connectivity index (χ4v) is 2.43. The standard InChI is InChI=1S/C14H17N3O2/c1-8-5-11(9-3-4-9)12(13-15-7-16-17-13)6-10(8)14(18)19-2/h5-6,9,16H,3-4,7H2,1-2H3,(H,15,17). The molecule has 0 radical (unpaired) electrons. The van der Waals surface area contributed by atoms with Crippen LogP contribution in [0.3, 0.4) is 0 Å². The van der Waals surface area contributed by atoms with Crippen LogP contribution in [0, 0.1) is 6.92 Å². The Balaban J connectivity index is 2.10. The summed E-state index contributed by atoms with van der Waals surface area (Å²) >= 11 is 0. The molecule has 0 atom stereocenters. The Bertz CT molecular complexity index is 562. The maximum absolute atomic E-state index is 11.8. The molecule has 0 amide bonds. The summed E-state index contributed by atoms with van der Waals surface area (Å²) in [6.45, 7) is 2.50. The second-order valence-corrected chi connectivity index (χ2v) is 4.99. The van der Waals surface area contributed by atoms with E-state index in [-0.39, 0.29) is 5.97 Å². The fourth-order valence-electron chi connectivity index (χ4n) is 2.43. The van der Waals surface area contributed by atoms with Crippen LogP contribution in [0.1, 0.15) is 45.8 Å². The van der Waals surface area contributed by atoms with Crippen LogP contribution in [0.25, 0.3) is 0 Å². The van der Waals surface area contributed by atoms with Gasteiger partial charge >= 0.3 is 5.97 Å². The Labute approximate surface area is 112 Å². The summed E-state index contributed by atoms with van der Waals surface area (Å²) in [5.41, 5.74) is 9.87. The van der Waals surface area contributed by atoms with Crippen LogP contribution in [-0.2, 0) is 4.74 Å². The van der Waals surface area contributed by atoms with E-state index in [1.54, 1.807) is 0 Å². The molecule has 1 aliphatic carbocycles. The minimum Gasteiger partial charge on any atom is -0.465 e. The molecule has 1 aromatic carbocycles. The first-order chi connectivity index (χ1) is 9.20. The third-order valence-electron chi connectivity index (χ3n) is 3.60. The molecule has 2 aliphatic rings. The quantitative estimate of drug-likeness (QED) is 0.807. The molecule has 3 rings (SSSR count). The molecule has 100 valence electrons. The van der Waals surface area contributed by atoms with Crippen molar-refractivity contribution in [1.29, 1.82) is 0 Å². The summed E-state index contributed by atoms with van der Waals surface area (Å²) in [5, 5.41) is 0. The lowest BCUT2D eigenvalue weighted by Gasteiger charge is -2.13. The van der Waals surface area contributed by atoms with Crippen LogP contribution >= 0.6 is 0 Å². The monoisotopic (exact) mass is 259 g/mol. The van der Waals surface area contributed by atoms with E-state index in [0.29, 0.717) is 18.2 Å². The van der Waals surface area contributed by atoms with Crippen molar-refractivity contribution in [3.63, 3.8) is 0 Å². The smallest absolute Gasteiger partial charge is 0.338 e. The number of hydrazine groups is 1. The Morgan fingerprint density at radius 1 is 1.42 bits per heavy atom. The lowest BCUT2D eigenvalue weighted by atomic mass is 9.95. The van der Waals surface area contributed by atoms with E-state index in [2.05, 4.69) is 21.9 Å². The molecule has 5 heteroatoms. The molecule has 1 fully saturated rings. The van der Waals surface area contributed by atoms with E-state index < -0.39 is 0 Å². The average Bonchev–Trinajstić information content (AvgIpc) is 3.13. The number of ether oxygens (including phenoxy) is 1. The largest absolute Gasteiger partial charge is 0.465 e. The molecule has 0 bridgehead atoms. The van der Waals surface area contributed by atoms with Gasteiger partial charge in [0.1, 0.15) is 12.5 Å². The third kappa shape index (κ3) is 2.21. The van der Waals surface area contributed by atoms with Crippen molar-refractivity contribution < 1.29 is 9.53 Å². The SMILES string of the molecule is COC(=O)c1cc(C2=NCNN2)c(C2CC2)cc1C. The molecule has 0 aromatic heterocycles. The number of methoxy groups -OCH3 is 1. The molecule has 2 N–H and O–H groups in total. The first kappa shape index (κ1) is 12.2. The highest BCUT2D eigenvalue weighted by atomic mass is 16.5. The number of carbonyl (C=O) groups excluding carboxylic acids is 1. The minimum absolute atomic E-state index is 0.298. The highest BCUT2D eigenvalue weighted by Crippen LogP contribution is 2.42. The predicted molar refractivity (Wildman–Crippen MR) is 72.2 cm³/mol. The zero-order chi connectivity index (χ0) is 13.4. The van der Waals surface area contributed by atoms with E-state index in [1.165, 1.54) is 25.5 Å². The van der Waals surface area contributed by atoms with Gasteiger partial charge in [-0.15, -0.1) is 0 Å². The molecule has 0 unspecified atom stereocenters. The van der Waals surface area contributed by atoms with Crippen molar-refractivity contribution in [2.24, 2.45) is 4.99 Å². The van der Waals surface area contributed by atoms with Gasteiger partial charge in [-0.25, -0.2) is 15.2 Å². The molecule has 1 saturated carbocycles. The summed E-state index contributed by atoms with van der Waals surface area (Å²) in [5.74, 6) is 1.12. The van der Waals surface area contributed by atoms with E-state index in [4.69, 9.17) is 4.74 Å². The number of hydrogen-bond donors (Lipinski definition) is 2. The van der Waals surface area contributed by atoms with E-state index >= 15 is 0 Å². The van der Waals surface area contributed by atoms with Gasteiger partial charge in [-0.2, -0.15) is 0 Å². The first-order valence-electron chi connectivity index (χ1n) is 6.47. The van der Waals surface area contributed by atoms with Crippen molar-refractivity contribution in [3.8, 4) is 0 Å². The summed E-state index contributed by atoms with van der Waals surface area (Å²) in [6, 6.07) is 4.00. The van der Waals surface area contributed by atoms with Gasteiger partial charge in [0.2, 0.25) is 0 Å². The number of esters is 1. The van der Waals surface area contributed by atoms with Crippen molar-refractivity contribution in [3.05, 3.63) is 34.4 Å². The summed E-state index contributed by atoms with van der Waals surface area (Å²) in [6.07, 6.45) is 2.43. The Kier molecular flexibility index (Phi) is 2.98. The molecular formula is C14H17N3O2. The normalized spacial score (nSPS) is 17.9. The van der Waals surface area contributed by atoms with Crippen molar-refractivity contribution in [2.75, 3.05) is 13.8 Å². The number of carbonyl (C=O) groups is 1. The maximum atomic E-state index is 11.8. The predicted octanol–water partition coefficient (Wildman–Crippen LogP) is 1.47. The van der Waals surface area contributed by atoms with Gasteiger partial charge in [-0.3, -0.25) is 0 Å². The highest BCUT2D eigenvalue weighted by Gasteiger charge is 2.29. The van der Waals surface area contributed by atoms with Gasteiger partial charge in [0.05, 0.1) is 12.7 Å². The molecule has 1 heterocycles. The van der Waals surface area contributed by atoms with E-state index in [0.717, 1.165) is 17.0 Å². The Morgan fingerprint density at radius 3 is 2.79 bits per heavy atom. The van der Waals surface area contributed by atoms with Crippen LogP contribution in [0.2, 0.25) is 0 Å². The highest BCUT2D eigenvalue weighted by molar-refractivity contribution is 6.03. The molecule has 1 aromatic rings. The van der Waals surface area contributed by atoms with Crippen LogP contribution in [0.4, 0.5) is 0 Å². The van der Waals surface area contributed by atoms with Crippen molar-refractivity contribution in [1.82, 2.24) is 10.9 Å². The third-order valence-corrected chi connectivity index (χ3v) is 3.60. The number of amidine groups is 1. The molecule has 19 heavy (non-hydrogen) atoms. The minimum atomic E-state index is -0.298. The van der Waals surface area contributed by atoms with Crippen LogP contribution in [0.15, 0.2) is 17.1 Å². The lowest BCUT2D eigenvalue weighted by Crippen LogP contribution is -2.31. The summed E-state index contributed by atoms with van der Waals surface area (Å²) < 4.78 is 4.84.